The summed E-state index contributed by atoms with van der Waals surface area (Å²) in [6, 6.07) is 8.78. The van der Waals surface area contributed by atoms with Crippen molar-refractivity contribution in [3.05, 3.63) is 91.0 Å². The van der Waals surface area contributed by atoms with E-state index in [0.29, 0.717) is 93.9 Å². The number of ketones is 8. The van der Waals surface area contributed by atoms with E-state index in [4.69, 9.17) is 37.9 Å². The minimum Gasteiger partial charge on any atom is -0.457 e. The third-order valence-corrected chi connectivity index (χ3v) is 20.1. The second kappa shape index (κ2) is 30.6. The van der Waals surface area contributed by atoms with Gasteiger partial charge in [-0.05, 0) is 131 Å². The van der Waals surface area contributed by atoms with Crippen LogP contribution in [0.4, 0.5) is 0 Å². The highest BCUT2D eigenvalue weighted by Gasteiger charge is 2.44. The van der Waals surface area contributed by atoms with Crippen molar-refractivity contribution in [1.82, 2.24) is 0 Å². The highest BCUT2D eigenvalue weighted by atomic mass is 16.7. The van der Waals surface area contributed by atoms with E-state index in [1.165, 1.54) is 55.4 Å². The molecule has 16 nitrogen and oxygen atoms in total. The van der Waals surface area contributed by atoms with Crippen LogP contribution in [0.1, 0.15) is 276 Å². The van der Waals surface area contributed by atoms with Gasteiger partial charge in [-0.1, -0.05) is 105 Å². The van der Waals surface area contributed by atoms with Crippen LogP contribution in [0, 0.1) is 23.7 Å². The van der Waals surface area contributed by atoms with Crippen molar-refractivity contribution in [1.29, 1.82) is 0 Å². The summed E-state index contributed by atoms with van der Waals surface area (Å²) in [5.41, 5.74) is 8.22. The van der Waals surface area contributed by atoms with Crippen molar-refractivity contribution in [2.75, 3.05) is 27.2 Å². The third kappa shape index (κ3) is 14.2. The van der Waals surface area contributed by atoms with Crippen molar-refractivity contribution in [3.63, 3.8) is 0 Å². The molecule has 4 aromatic carbocycles. The summed E-state index contributed by atoms with van der Waals surface area (Å²) >= 11 is 0. The van der Waals surface area contributed by atoms with Crippen LogP contribution in [-0.4, -0.2) is 73.4 Å². The number of rotatable bonds is 32. The van der Waals surface area contributed by atoms with Gasteiger partial charge in [0.15, 0.2) is 0 Å². The molecule has 4 heterocycles. The maximum atomic E-state index is 13.9. The van der Waals surface area contributed by atoms with E-state index in [1.54, 1.807) is 0 Å². The maximum absolute atomic E-state index is 13.9. The molecule has 0 saturated carbocycles. The van der Waals surface area contributed by atoms with Crippen molar-refractivity contribution < 1.29 is 76.3 Å². The Morgan fingerprint density at radius 2 is 0.435 bits per heavy atom. The zero-order valence-corrected chi connectivity index (χ0v) is 56.4. The van der Waals surface area contributed by atoms with E-state index in [-0.39, 0.29) is 99.1 Å². The zero-order valence-electron chi connectivity index (χ0n) is 56.4. The average molecular weight is 1270 g/mol. The molecule has 5 aliphatic rings. The number of hydrogen-bond donors (Lipinski definition) is 0. The lowest BCUT2D eigenvalue weighted by Crippen LogP contribution is -2.29. The summed E-state index contributed by atoms with van der Waals surface area (Å²) < 4.78 is 56.4. The van der Waals surface area contributed by atoms with Crippen LogP contribution in [0.5, 0.6) is 46.0 Å². The van der Waals surface area contributed by atoms with Crippen LogP contribution in [0.2, 0.25) is 0 Å². The molecule has 0 saturated heterocycles. The van der Waals surface area contributed by atoms with Gasteiger partial charge in [-0.3, -0.25) is 38.4 Å². The second-order valence-electron chi connectivity index (χ2n) is 26.5. The summed E-state index contributed by atoms with van der Waals surface area (Å²) in [6.45, 7) is 18.5. The molecule has 496 valence electrons. The van der Waals surface area contributed by atoms with Gasteiger partial charge in [0.1, 0.15) is 92.3 Å². The molecule has 0 radical (unpaired) electrons. The van der Waals surface area contributed by atoms with Crippen molar-refractivity contribution in [2.24, 2.45) is 23.7 Å². The number of hydrogen-bond acceptors (Lipinski definition) is 16. The Morgan fingerprint density at radius 3 is 0.565 bits per heavy atom. The smallest absolute Gasteiger partial charge is 0.230 e. The summed E-state index contributed by atoms with van der Waals surface area (Å²) in [6.07, 6.45) is 12.0. The molecular weight excluding hydrogens is 1170 g/mol. The molecule has 8 bridgehead atoms. The first-order valence-electron chi connectivity index (χ1n) is 34.0. The predicted octanol–water partition coefficient (Wildman–Crippen LogP) is 15.1. The van der Waals surface area contributed by atoms with E-state index < -0.39 is 47.3 Å². The van der Waals surface area contributed by atoms with E-state index >= 15 is 0 Å². The molecular formula is C76H96O16. The molecule has 4 aliphatic heterocycles. The fraction of sp³-hybridized carbons (Fsp3) is 0.579. The van der Waals surface area contributed by atoms with Gasteiger partial charge in [-0.25, -0.2) is 0 Å². The van der Waals surface area contributed by atoms with Gasteiger partial charge in [0.05, 0.1) is 23.7 Å². The highest BCUT2D eigenvalue weighted by molar-refractivity contribution is 6.02. The first-order chi connectivity index (χ1) is 44.2. The minimum atomic E-state index is -1.08. The van der Waals surface area contributed by atoms with Gasteiger partial charge in [0, 0.05) is 90.4 Å². The van der Waals surface area contributed by atoms with E-state index in [2.05, 4.69) is 52.0 Å². The number of carbonyl (C=O) groups is 8. The molecule has 16 heteroatoms. The topological polar surface area (TPSA) is 210 Å². The summed E-state index contributed by atoms with van der Waals surface area (Å²) in [7, 11) is 0. The maximum Gasteiger partial charge on any atom is 0.230 e. The number of unbranched alkanes of at least 4 members (excludes halogenated alkanes) is 8. The Bertz CT molecular complexity index is 2870. The molecule has 92 heavy (non-hydrogen) atoms. The zero-order chi connectivity index (χ0) is 66.2. The second-order valence-corrected chi connectivity index (χ2v) is 26.5. The van der Waals surface area contributed by atoms with Gasteiger partial charge in [-0.2, -0.15) is 0 Å². The molecule has 0 spiro atoms. The molecule has 4 aromatic rings. The molecule has 0 unspecified atom stereocenters. The molecule has 0 amide bonds. The van der Waals surface area contributed by atoms with Crippen LogP contribution in [-0.2, 0) is 64.0 Å². The fourth-order valence-corrected chi connectivity index (χ4v) is 15.2. The first-order valence-corrected chi connectivity index (χ1v) is 34.0. The quantitative estimate of drug-likeness (QED) is 0.0329. The van der Waals surface area contributed by atoms with Crippen molar-refractivity contribution >= 4 is 46.3 Å². The molecule has 0 aromatic heterocycles. The van der Waals surface area contributed by atoms with Gasteiger partial charge in [0.25, 0.3) is 0 Å². The number of Topliss-reactive ketones (excluding diaryl/α,β-unsaturated/α-hetero) is 8. The first kappa shape index (κ1) is 69.0. The molecule has 0 fully saturated rings. The monoisotopic (exact) mass is 1260 g/mol. The minimum absolute atomic E-state index is 0.0702. The Morgan fingerprint density at radius 1 is 0.283 bits per heavy atom. The normalized spacial score (nSPS) is 17.3. The van der Waals surface area contributed by atoms with E-state index in [9.17, 15) is 38.4 Å². The number of carbonyl (C=O) groups excluding carboxylic acids is 8. The largest absolute Gasteiger partial charge is 0.457 e. The summed E-state index contributed by atoms with van der Waals surface area (Å²) in [5, 5.41) is 0. The standard InChI is InChI=1S/C76H96O16/c1-13-17-21-25-49-57-33-59-50(26-22-18-14-2)61-35-63-52(28-24-20-16-4)64-36-62-51(27-23-19-15-3)60-34-58(49)70-66(30-54(43(7)79)44(8)80)72(60)88-39-90-74(62)68(32-56(47(11)83)48(12)84)76(64)92-40-91-75(63)67(31-55(45(9)81)46(10)82)73(61)89-38-87-71(59)65(69(57)85-37-86-70)29-53(41(5)77)42(6)78/h33-36,49-56H,13-32,37-40H2,1-12H3. The molecule has 1 aliphatic carbocycles. The lowest BCUT2D eigenvalue weighted by Gasteiger charge is -2.38. The van der Waals surface area contributed by atoms with E-state index in [1.807, 2.05) is 0 Å². The number of benzene rings is 4. The highest BCUT2D eigenvalue weighted by Crippen LogP contribution is 2.59. The van der Waals surface area contributed by atoms with Gasteiger partial charge >= 0.3 is 0 Å². The lowest BCUT2D eigenvalue weighted by molar-refractivity contribution is -0.131. The van der Waals surface area contributed by atoms with Crippen molar-refractivity contribution in [3.8, 4) is 46.0 Å². The Balaban J connectivity index is 1.59. The van der Waals surface area contributed by atoms with Crippen LogP contribution in [0.25, 0.3) is 0 Å². The van der Waals surface area contributed by atoms with Crippen LogP contribution < -0.4 is 37.9 Å². The van der Waals surface area contributed by atoms with Crippen LogP contribution in [0.3, 0.4) is 0 Å². The average Bonchev–Trinajstić information content (AvgIpc) is 0.745. The Labute approximate surface area is 543 Å². The summed E-state index contributed by atoms with van der Waals surface area (Å²) in [4.78, 5) is 111. The fourth-order valence-electron chi connectivity index (χ4n) is 15.2. The van der Waals surface area contributed by atoms with Gasteiger partial charge < -0.3 is 37.9 Å². The number of ether oxygens (including phenoxy) is 8. The summed E-state index contributed by atoms with van der Waals surface area (Å²) in [5.74, 6) is -5.78. The lowest BCUT2D eigenvalue weighted by atomic mass is 9.73. The van der Waals surface area contributed by atoms with E-state index in [0.717, 1.165) is 122 Å². The molecule has 0 atom stereocenters. The predicted molar refractivity (Wildman–Crippen MR) is 348 cm³/mol. The van der Waals surface area contributed by atoms with Gasteiger partial charge in [-0.15, -0.1) is 0 Å². The molecule has 0 N–H and O–H groups in total. The molecule has 9 rings (SSSR count). The van der Waals surface area contributed by atoms with Crippen LogP contribution in [0.15, 0.2) is 24.3 Å². The Kier molecular flexibility index (Phi) is 22.9. The SMILES string of the molecule is CCCCCC1c2cc3c4c(CC(C(C)=O)C(C)=O)c2OCOc2c1cc1c(c2CC(C(C)=O)C(C)=O)OCOc2c(cc5c(c2CC(C(C)=O)C(C)=O)OCOc2c(cc(c(c2CC(C(C)=O)C(C)=O)OCO4)C3CCCCC)C5CCCCC)C1CCCCC. The van der Waals surface area contributed by atoms with Gasteiger partial charge in [0.2, 0.25) is 27.2 Å². The van der Waals surface area contributed by atoms with Crippen molar-refractivity contribution in [2.45, 2.75) is 235 Å². The third-order valence-electron chi connectivity index (χ3n) is 20.1. The Hall–Kier alpha value is -7.36. The van der Waals surface area contributed by atoms with Crippen LogP contribution >= 0.6 is 0 Å².